The minimum absolute atomic E-state index is 0. The van der Waals surface area contributed by atoms with Gasteiger partial charge in [-0.2, -0.15) is 0 Å². The summed E-state index contributed by atoms with van der Waals surface area (Å²) in [6, 6.07) is 5.47. The second-order valence-corrected chi connectivity index (χ2v) is 6.98. The molecule has 0 spiro atoms. The molecule has 4 unspecified atom stereocenters. The van der Waals surface area contributed by atoms with E-state index in [4.69, 9.17) is 19.9 Å². The maximum absolute atomic E-state index is 12.4. The summed E-state index contributed by atoms with van der Waals surface area (Å²) < 4.78 is 16.2. The lowest BCUT2D eigenvalue weighted by molar-refractivity contribution is -0.127. The fourth-order valence-corrected chi connectivity index (χ4v) is 4.18. The van der Waals surface area contributed by atoms with E-state index < -0.39 is 0 Å². The number of benzene rings is 1. The topological polar surface area (TPSA) is 82.8 Å². The fourth-order valence-electron chi connectivity index (χ4n) is 4.18. The van der Waals surface area contributed by atoms with Crippen LogP contribution in [0.1, 0.15) is 25.7 Å². The van der Waals surface area contributed by atoms with Crippen molar-refractivity contribution in [3.63, 3.8) is 0 Å². The van der Waals surface area contributed by atoms with Crippen LogP contribution < -0.4 is 25.3 Å². The largest absolute Gasteiger partial charge is 0.496 e. The molecule has 1 aromatic rings. The highest BCUT2D eigenvalue weighted by molar-refractivity contribution is 5.85. The van der Waals surface area contributed by atoms with E-state index in [9.17, 15) is 4.79 Å². The van der Waals surface area contributed by atoms with Crippen molar-refractivity contribution in [3.8, 4) is 17.2 Å². The SMILES string of the molecule is COc1cc(OC)cc(OCCCNC(=O)C2C3CCC(C3)C2N)c1.Cl. The minimum Gasteiger partial charge on any atom is -0.496 e. The van der Waals surface area contributed by atoms with E-state index in [2.05, 4.69) is 5.32 Å². The normalized spacial score (nSPS) is 26.1. The van der Waals surface area contributed by atoms with Gasteiger partial charge in [0.15, 0.2) is 0 Å². The summed E-state index contributed by atoms with van der Waals surface area (Å²) in [5, 5.41) is 3.02. The molecular weight excluding hydrogens is 356 g/mol. The van der Waals surface area contributed by atoms with Crippen LogP contribution in [-0.4, -0.2) is 39.3 Å². The highest BCUT2D eigenvalue weighted by Gasteiger charge is 2.48. The molecule has 26 heavy (non-hydrogen) atoms. The Bertz CT molecular complexity index is 589. The number of ether oxygens (including phenoxy) is 3. The number of amides is 1. The van der Waals surface area contributed by atoms with Crippen LogP contribution >= 0.6 is 12.4 Å². The molecule has 146 valence electrons. The Balaban J connectivity index is 0.00000243. The molecule has 6 nitrogen and oxygen atoms in total. The van der Waals surface area contributed by atoms with Gasteiger partial charge in [0, 0.05) is 30.8 Å². The van der Waals surface area contributed by atoms with Crippen molar-refractivity contribution in [1.29, 1.82) is 0 Å². The van der Waals surface area contributed by atoms with E-state index in [1.807, 2.05) is 12.1 Å². The lowest BCUT2D eigenvalue weighted by atomic mass is 9.84. The summed E-state index contributed by atoms with van der Waals surface area (Å²) in [5.74, 6) is 3.22. The zero-order chi connectivity index (χ0) is 17.8. The second kappa shape index (κ2) is 9.33. The van der Waals surface area contributed by atoms with Gasteiger partial charge in [0.05, 0.1) is 26.7 Å². The number of rotatable bonds is 8. The number of nitrogens with one attached hydrogen (secondary N) is 1. The number of hydrogen-bond donors (Lipinski definition) is 2. The molecule has 2 saturated carbocycles. The number of carbonyl (C=O) groups is 1. The minimum atomic E-state index is 0. The molecule has 0 radical (unpaired) electrons. The number of carbonyl (C=O) groups excluding carboxylic acids is 1. The fraction of sp³-hybridized carbons (Fsp3) is 0.632. The van der Waals surface area contributed by atoms with Crippen LogP contribution in [-0.2, 0) is 4.79 Å². The van der Waals surface area contributed by atoms with Crippen molar-refractivity contribution >= 4 is 18.3 Å². The average Bonchev–Trinajstić information content (AvgIpc) is 3.22. The van der Waals surface area contributed by atoms with Crippen LogP contribution in [0.4, 0.5) is 0 Å². The summed E-state index contributed by atoms with van der Waals surface area (Å²) in [6.45, 7) is 1.11. The third kappa shape index (κ3) is 4.54. The Labute approximate surface area is 161 Å². The monoisotopic (exact) mass is 384 g/mol. The Kier molecular flexibility index (Phi) is 7.41. The zero-order valence-corrected chi connectivity index (χ0v) is 16.2. The lowest BCUT2D eigenvalue weighted by Gasteiger charge is -2.27. The summed E-state index contributed by atoms with van der Waals surface area (Å²) in [6.07, 6.45) is 4.20. The number of nitrogens with two attached hydrogens (primary N) is 1. The summed E-state index contributed by atoms with van der Waals surface area (Å²) >= 11 is 0. The van der Waals surface area contributed by atoms with Crippen LogP contribution in [0.2, 0.25) is 0 Å². The van der Waals surface area contributed by atoms with Crippen LogP contribution in [0, 0.1) is 17.8 Å². The molecule has 2 aliphatic rings. The predicted octanol–water partition coefficient (Wildman–Crippen LogP) is 2.38. The lowest BCUT2D eigenvalue weighted by Crippen LogP contribution is -2.45. The van der Waals surface area contributed by atoms with Crippen molar-refractivity contribution in [1.82, 2.24) is 5.32 Å². The molecule has 2 aliphatic carbocycles. The first-order valence-corrected chi connectivity index (χ1v) is 9.01. The maximum atomic E-state index is 12.4. The first kappa shape index (κ1) is 20.6. The Morgan fingerprint density at radius 1 is 1.12 bits per heavy atom. The smallest absolute Gasteiger partial charge is 0.224 e. The van der Waals surface area contributed by atoms with E-state index >= 15 is 0 Å². The van der Waals surface area contributed by atoms with Crippen molar-refractivity contribution in [2.24, 2.45) is 23.5 Å². The van der Waals surface area contributed by atoms with Gasteiger partial charge in [-0.1, -0.05) is 0 Å². The van der Waals surface area contributed by atoms with Crippen molar-refractivity contribution in [2.75, 3.05) is 27.4 Å². The Hall–Kier alpha value is -1.66. The van der Waals surface area contributed by atoms with Crippen LogP contribution in [0.25, 0.3) is 0 Å². The predicted molar refractivity (Wildman–Crippen MR) is 102 cm³/mol. The maximum Gasteiger partial charge on any atom is 0.224 e. The van der Waals surface area contributed by atoms with E-state index in [-0.39, 0.29) is 30.3 Å². The van der Waals surface area contributed by atoms with Crippen molar-refractivity contribution in [3.05, 3.63) is 18.2 Å². The molecule has 2 bridgehead atoms. The number of fused-ring (bicyclic) bond motifs is 2. The van der Waals surface area contributed by atoms with Crippen LogP contribution in [0.15, 0.2) is 18.2 Å². The van der Waals surface area contributed by atoms with Gasteiger partial charge in [-0.3, -0.25) is 4.79 Å². The number of methoxy groups -OCH3 is 2. The van der Waals surface area contributed by atoms with Gasteiger partial charge in [0.25, 0.3) is 0 Å². The molecular formula is C19H29ClN2O4. The molecule has 2 fully saturated rings. The van der Waals surface area contributed by atoms with E-state index in [0.29, 0.717) is 42.2 Å². The zero-order valence-electron chi connectivity index (χ0n) is 15.4. The average molecular weight is 385 g/mol. The molecule has 0 aliphatic heterocycles. The molecule has 3 N–H and O–H groups in total. The van der Waals surface area contributed by atoms with Crippen LogP contribution in [0.3, 0.4) is 0 Å². The molecule has 1 amide bonds. The van der Waals surface area contributed by atoms with Gasteiger partial charge < -0.3 is 25.3 Å². The van der Waals surface area contributed by atoms with Gasteiger partial charge in [-0.25, -0.2) is 0 Å². The highest BCUT2D eigenvalue weighted by atomic mass is 35.5. The molecule has 0 saturated heterocycles. The third-order valence-corrected chi connectivity index (χ3v) is 5.50. The number of halogens is 1. The van der Waals surface area contributed by atoms with E-state index in [0.717, 1.165) is 19.3 Å². The third-order valence-electron chi connectivity index (χ3n) is 5.50. The molecule has 4 atom stereocenters. The van der Waals surface area contributed by atoms with Crippen LogP contribution in [0.5, 0.6) is 17.2 Å². The Morgan fingerprint density at radius 3 is 2.31 bits per heavy atom. The van der Waals surface area contributed by atoms with Gasteiger partial charge in [-0.05, 0) is 37.5 Å². The molecule has 3 rings (SSSR count). The van der Waals surface area contributed by atoms with Gasteiger partial charge in [0.2, 0.25) is 5.91 Å². The Morgan fingerprint density at radius 2 is 1.73 bits per heavy atom. The van der Waals surface area contributed by atoms with Gasteiger partial charge in [0.1, 0.15) is 17.2 Å². The molecule has 1 aromatic carbocycles. The molecule has 0 heterocycles. The van der Waals surface area contributed by atoms with E-state index in [1.165, 1.54) is 6.42 Å². The second-order valence-electron chi connectivity index (χ2n) is 6.98. The van der Waals surface area contributed by atoms with Crippen molar-refractivity contribution < 1.29 is 19.0 Å². The number of hydrogen-bond acceptors (Lipinski definition) is 5. The van der Waals surface area contributed by atoms with Gasteiger partial charge >= 0.3 is 0 Å². The summed E-state index contributed by atoms with van der Waals surface area (Å²) in [4.78, 5) is 12.4. The summed E-state index contributed by atoms with van der Waals surface area (Å²) in [7, 11) is 3.21. The summed E-state index contributed by atoms with van der Waals surface area (Å²) in [5.41, 5.74) is 6.22. The standard InChI is InChI=1S/C19H28N2O4.ClH/c1-23-14-9-15(24-2)11-16(10-14)25-7-3-6-21-19(22)17-12-4-5-13(8-12)18(17)20;/h9-13,17-18H,3-8,20H2,1-2H3,(H,21,22);1H. The first-order chi connectivity index (χ1) is 12.1. The highest BCUT2D eigenvalue weighted by Crippen LogP contribution is 2.47. The van der Waals surface area contributed by atoms with Gasteiger partial charge in [-0.15, -0.1) is 12.4 Å². The van der Waals surface area contributed by atoms with E-state index in [1.54, 1.807) is 20.3 Å². The first-order valence-electron chi connectivity index (χ1n) is 9.01. The molecule has 7 heteroatoms. The molecule has 0 aromatic heterocycles. The quantitative estimate of drug-likeness (QED) is 0.672. The van der Waals surface area contributed by atoms with Crippen molar-refractivity contribution in [2.45, 2.75) is 31.7 Å².